The molecule has 104 valence electrons. The number of nitrogens with one attached hydrogen (secondary N) is 2. The van der Waals surface area contributed by atoms with E-state index >= 15 is 0 Å². The number of amides is 2. The molecule has 2 aromatic rings. The Morgan fingerprint density at radius 3 is 2.40 bits per heavy atom. The summed E-state index contributed by atoms with van der Waals surface area (Å²) in [6, 6.07) is 8.92. The lowest BCUT2D eigenvalue weighted by molar-refractivity contribution is 0.0946. The van der Waals surface area contributed by atoms with Crippen LogP contribution in [0.1, 0.15) is 26.3 Å². The Morgan fingerprint density at radius 1 is 1.15 bits per heavy atom. The van der Waals surface area contributed by atoms with Gasteiger partial charge < -0.3 is 10.6 Å². The molecule has 20 heavy (non-hydrogen) atoms. The van der Waals surface area contributed by atoms with Gasteiger partial charge >= 0.3 is 0 Å². The number of thiophene rings is 1. The average Bonchev–Trinajstić information content (AvgIpc) is 2.91. The van der Waals surface area contributed by atoms with E-state index in [4.69, 9.17) is 0 Å². The van der Waals surface area contributed by atoms with Crippen LogP contribution in [0.5, 0.6) is 0 Å². The lowest BCUT2D eigenvalue weighted by atomic mass is 10.1. The molecule has 1 heterocycles. The maximum absolute atomic E-state index is 11.9. The Morgan fingerprint density at radius 2 is 1.85 bits per heavy atom. The minimum atomic E-state index is -0.122. The third-order valence-corrected chi connectivity index (χ3v) is 4.23. The molecular weight excluding hydrogens is 340 g/mol. The quantitative estimate of drug-likeness (QED) is 0.888. The van der Waals surface area contributed by atoms with E-state index in [1.54, 1.807) is 30.6 Å². The molecule has 1 aromatic heterocycles. The van der Waals surface area contributed by atoms with Crippen molar-refractivity contribution in [3.8, 4) is 0 Å². The fraction of sp³-hybridized carbons (Fsp3) is 0.143. The maximum atomic E-state index is 11.9. The van der Waals surface area contributed by atoms with Gasteiger partial charge in [-0.1, -0.05) is 12.1 Å². The van der Waals surface area contributed by atoms with Crippen molar-refractivity contribution in [2.24, 2.45) is 0 Å². The Hall–Kier alpha value is -1.66. The van der Waals surface area contributed by atoms with Crippen LogP contribution in [-0.2, 0) is 6.54 Å². The average molecular weight is 353 g/mol. The van der Waals surface area contributed by atoms with E-state index in [0.29, 0.717) is 17.7 Å². The zero-order valence-electron chi connectivity index (χ0n) is 10.8. The van der Waals surface area contributed by atoms with Crippen molar-refractivity contribution in [3.05, 3.63) is 56.2 Å². The molecule has 0 aliphatic carbocycles. The molecule has 0 bridgehead atoms. The van der Waals surface area contributed by atoms with Crippen molar-refractivity contribution in [1.82, 2.24) is 10.6 Å². The molecule has 1 aromatic carbocycles. The number of carbonyl (C=O) groups is 2. The Bertz CT molecular complexity index is 622. The highest BCUT2D eigenvalue weighted by atomic mass is 79.9. The predicted octanol–water partition coefficient (Wildman–Crippen LogP) is 2.80. The first-order valence-corrected chi connectivity index (χ1v) is 7.60. The van der Waals surface area contributed by atoms with Crippen molar-refractivity contribution in [3.63, 3.8) is 0 Å². The normalized spacial score (nSPS) is 10.1. The van der Waals surface area contributed by atoms with Crippen molar-refractivity contribution in [1.29, 1.82) is 0 Å². The van der Waals surface area contributed by atoms with E-state index < -0.39 is 0 Å². The van der Waals surface area contributed by atoms with Crippen LogP contribution in [-0.4, -0.2) is 18.9 Å². The van der Waals surface area contributed by atoms with Gasteiger partial charge in [-0.05, 0) is 39.7 Å². The molecule has 0 fully saturated rings. The SMILES string of the molecule is CNC(=O)c1ccc(CNC(=O)c2csc(Br)c2)cc1. The lowest BCUT2D eigenvalue weighted by Crippen LogP contribution is -2.22. The lowest BCUT2D eigenvalue weighted by Gasteiger charge is -2.05. The van der Waals surface area contributed by atoms with Crippen LogP contribution in [0.2, 0.25) is 0 Å². The van der Waals surface area contributed by atoms with Crippen LogP contribution in [0.4, 0.5) is 0 Å². The number of halogens is 1. The third-order valence-electron chi connectivity index (χ3n) is 2.73. The monoisotopic (exact) mass is 352 g/mol. The second-order valence-electron chi connectivity index (χ2n) is 4.10. The summed E-state index contributed by atoms with van der Waals surface area (Å²) in [5.74, 6) is -0.231. The molecule has 0 radical (unpaired) electrons. The second-order valence-corrected chi connectivity index (χ2v) is 6.39. The minimum absolute atomic E-state index is 0.109. The van der Waals surface area contributed by atoms with Gasteiger partial charge in [0.1, 0.15) is 0 Å². The molecule has 0 aliphatic heterocycles. The number of hydrogen-bond donors (Lipinski definition) is 2. The number of hydrogen-bond acceptors (Lipinski definition) is 3. The smallest absolute Gasteiger partial charge is 0.252 e. The molecule has 2 rings (SSSR count). The van der Waals surface area contributed by atoms with Crippen LogP contribution >= 0.6 is 27.3 Å². The van der Waals surface area contributed by atoms with Crippen molar-refractivity contribution in [2.75, 3.05) is 7.05 Å². The second kappa shape index (κ2) is 6.67. The zero-order chi connectivity index (χ0) is 14.5. The van der Waals surface area contributed by atoms with E-state index in [1.807, 2.05) is 12.1 Å². The van der Waals surface area contributed by atoms with Gasteiger partial charge in [0.05, 0.1) is 9.35 Å². The first-order chi connectivity index (χ1) is 9.60. The van der Waals surface area contributed by atoms with Gasteiger partial charge in [0, 0.05) is 24.5 Å². The zero-order valence-corrected chi connectivity index (χ0v) is 13.2. The van der Waals surface area contributed by atoms with Crippen LogP contribution in [0.25, 0.3) is 0 Å². The van der Waals surface area contributed by atoms with Gasteiger partial charge in [0.15, 0.2) is 0 Å². The summed E-state index contributed by atoms with van der Waals surface area (Å²) in [5.41, 5.74) is 2.19. The summed E-state index contributed by atoms with van der Waals surface area (Å²) in [6.45, 7) is 0.431. The Kier molecular flexibility index (Phi) is 4.92. The van der Waals surface area contributed by atoms with Crippen LogP contribution in [0.15, 0.2) is 39.5 Å². The van der Waals surface area contributed by atoms with Crippen molar-refractivity contribution < 1.29 is 9.59 Å². The van der Waals surface area contributed by atoms with Crippen molar-refractivity contribution in [2.45, 2.75) is 6.54 Å². The van der Waals surface area contributed by atoms with E-state index in [-0.39, 0.29) is 11.8 Å². The summed E-state index contributed by atoms with van der Waals surface area (Å²) in [5, 5.41) is 7.20. The molecule has 0 aliphatic rings. The highest BCUT2D eigenvalue weighted by molar-refractivity contribution is 9.11. The molecule has 2 N–H and O–H groups in total. The fourth-order valence-corrected chi connectivity index (χ4v) is 2.77. The molecule has 0 saturated heterocycles. The predicted molar refractivity (Wildman–Crippen MR) is 83.0 cm³/mol. The van der Waals surface area contributed by atoms with Gasteiger partial charge in [-0.3, -0.25) is 9.59 Å². The van der Waals surface area contributed by atoms with Gasteiger partial charge in [-0.15, -0.1) is 11.3 Å². The number of carbonyl (C=O) groups excluding carboxylic acids is 2. The molecule has 0 saturated carbocycles. The maximum Gasteiger partial charge on any atom is 0.252 e. The van der Waals surface area contributed by atoms with E-state index in [1.165, 1.54) is 11.3 Å². The topological polar surface area (TPSA) is 58.2 Å². The summed E-state index contributed by atoms with van der Waals surface area (Å²) in [7, 11) is 1.59. The molecule has 6 heteroatoms. The number of benzene rings is 1. The van der Waals surface area contributed by atoms with Gasteiger partial charge in [-0.2, -0.15) is 0 Å². The van der Waals surface area contributed by atoms with Gasteiger partial charge in [0.25, 0.3) is 11.8 Å². The van der Waals surface area contributed by atoms with Crippen molar-refractivity contribution >= 4 is 39.1 Å². The molecule has 0 spiro atoms. The van der Waals surface area contributed by atoms with Crippen LogP contribution in [0, 0.1) is 0 Å². The molecule has 2 amide bonds. The van der Waals surface area contributed by atoms with E-state index in [9.17, 15) is 9.59 Å². The Labute approximate surface area is 129 Å². The molecule has 4 nitrogen and oxygen atoms in total. The fourth-order valence-electron chi connectivity index (χ4n) is 1.63. The van der Waals surface area contributed by atoms with Gasteiger partial charge in [-0.25, -0.2) is 0 Å². The Balaban J connectivity index is 1.94. The summed E-state index contributed by atoms with van der Waals surface area (Å²) >= 11 is 4.80. The highest BCUT2D eigenvalue weighted by Crippen LogP contribution is 2.20. The summed E-state index contributed by atoms with van der Waals surface area (Å²) in [6.07, 6.45) is 0. The van der Waals surface area contributed by atoms with E-state index in [0.717, 1.165) is 9.35 Å². The largest absolute Gasteiger partial charge is 0.355 e. The summed E-state index contributed by atoms with van der Waals surface area (Å²) in [4.78, 5) is 23.3. The highest BCUT2D eigenvalue weighted by Gasteiger charge is 2.08. The third kappa shape index (κ3) is 3.68. The number of rotatable bonds is 4. The molecule has 0 unspecified atom stereocenters. The van der Waals surface area contributed by atoms with Gasteiger partial charge in [0.2, 0.25) is 0 Å². The summed E-state index contributed by atoms with van der Waals surface area (Å²) < 4.78 is 0.928. The first-order valence-electron chi connectivity index (χ1n) is 5.93. The van der Waals surface area contributed by atoms with E-state index in [2.05, 4.69) is 26.6 Å². The first kappa shape index (κ1) is 14.7. The van der Waals surface area contributed by atoms with Crippen LogP contribution in [0.3, 0.4) is 0 Å². The standard InChI is InChI=1S/C14H13BrN2O2S/c1-16-13(18)10-4-2-9(3-5-10)7-17-14(19)11-6-12(15)20-8-11/h2-6,8H,7H2,1H3,(H,16,18)(H,17,19). The molecule has 0 atom stereocenters. The van der Waals surface area contributed by atoms with Crippen LogP contribution < -0.4 is 10.6 Å². The minimum Gasteiger partial charge on any atom is -0.355 e. The molecular formula is C14H13BrN2O2S.